The lowest BCUT2D eigenvalue weighted by Crippen LogP contribution is -2.40. The molecule has 0 unspecified atom stereocenters. The Kier molecular flexibility index (Phi) is 5.13. The van der Waals surface area contributed by atoms with Crippen LogP contribution in [0.15, 0.2) is 23.8 Å². The summed E-state index contributed by atoms with van der Waals surface area (Å²) < 4.78 is 10.1. The van der Waals surface area contributed by atoms with Crippen LogP contribution in [-0.4, -0.2) is 25.2 Å². The molecule has 0 saturated carbocycles. The summed E-state index contributed by atoms with van der Waals surface area (Å²) in [6, 6.07) is 0. The molecule has 0 spiro atoms. The van der Waals surface area contributed by atoms with Crippen molar-refractivity contribution in [3.63, 3.8) is 0 Å². The van der Waals surface area contributed by atoms with E-state index in [9.17, 15) is 9.59 Å². The van der Waals surface area contributed by atoms with E-state index in [4.69, 9.17) is 9.47 Å². The first-order valence-electron chi connectivity index (χ1n) is 6.27. The lowest BCUT2D eigenvalue weighted by atomic mass is 9.85. The Hall–Kier alpha value is -1.58. The van der Waals surface area contributed by atoms with Gasteiger partial charge < -0.3 is 9.47 Å². The summed E-state index contributed by atoms with van der Waals surface area (Å²) in [5.41, 5.74) is -0.209. The summed E-state index contributed by atoms with van der Waals surface area (Å²) in [4.78, 5) is 24.1. The largest absolute Gasteiger partial charge is 0.465 e. The molecule has 0 amide bonds. The van der Waals surface area contributed by atoms with Crippen LogP contribution in [0.5, 0.6) is 0 Å². The maximum Gasteiger partial charge on any atom is 0.324 e. The number of carbonyl (C=O) groups is 2. The molecule has 1 rings (SSSR count). The zero-order valence-corrected chi connectivity index (χ0v) is 11.2. The van der Waals surface area contributed by atoms with Crippen LogP contribution < -0.4 is 0 Å². The lowest BCUT2D eigenvalue weighted by Gasteiger charge is -2.24. The highest BCUT2D eigenvalue weighted by molar-refractivity contribution is 6.01. The van der Waals surface area contributed by atoms with Crippen molar-refractivity contribution in [2.75, 3.05) is 13.2 Å². The minimum Gasteiger partial charge on any atom is -0.465 e. The summed E-state index contributed by atoms with van der Waals surface area (Å²) >= 11 is 0. The van der Waals surface area contributed by atoms with Gasteiger partial charge in [0.05, 0.1) is 13.2 Å². The van der Waals surface area contributed by atoms with Crippen LogP contribution in [0, 0.1) is 5.41 Å². The molecule has 1 aliphatic rings. The topological polar surface area (TPSA) is 52.6 Å². The third-order valence-corrected chi connectivity index (χ3v) is 2.93. The van der Waals surface area contributed by atoms with E-state index in [0.29, 0.717) is 12.8 Å². The standard InChI is InChI=1S/C14H20O4/c1-4-7-11-8-9-14(10-11,12(15)17-5-2)13(16)18-6-3/h4,7-8H,5-6,9-10H2,1-3H3/b7-4-/i7+1. The van der Waals surface area contributed by atoms with Crippen molar-refractivity contribution in [3.8, 4) is 0 Å². The number of allylic oxidation sites excluding steroid dienone is 4. The molecule has 0 aromatic heterocycles. The fourth-order valence-corrected chi connectivity index (χ4v) is 2.07. The van der Waals surface area contributed by atoms with Gasteiger partial charge in [-0.3, -0.25) is 9.59 Å². The van der Waals surface area contributed by atoms with Crippen LogP contribution in [0.3, 0.4) is 0 Å². The summed E-state index contributed by atoms with van der Waals surface area (Å²) in [7, 11) is 0. The van der Waals surface area contributed by atoms with Crippen molar-refractivity contribution in [2.24, 2.45) is 5.41 Å². The Morgan fingerprint density at radius 3 is 2.28 bits per heavy atom. The number of rotatable bonds is 5. The molecule has 0 radical (unpaired) electrons. The molecule has 0 aromatic carbocycles. The molecule has 100 valence electrons. The molecule has 0 N–H and O–H groups in total. The van der Waals surface area contributed by atoms with E-state index in [1.165, 1.54) is 0 Å². The monoisotopic (exact) mass is 253 g/mol. The van der Waals surface area contributed by atoms with Crippen molar-refractivity contribution in [1.82, 2.24) is 0 Å². The molecule has 0 atom stereocenters. The third kappa shape index (κ3) is 2.81. The fraction of sp³-hybridized carbons (Fsp3) is 0.571. The molecule has 0 heterocycles. The van der Waals surface area contributed by atoms with Gasteiger partial charge in [-0.2, -0.15) is 0 Å². The van der Waals surface area contributed by atoms with Crippen LogP contribution in [0.1, 0.15) is 33.6 Å². The van der Waals surface area contributed by atoms with E-state index in [0.717, 1.165) is 5.57 Å². The Labute approximate surface area is 108 Å². The first-order chi connectivity index (χ1) is 8.60. The molecular formula is C14H20O4. The van der Waals surface area contributed by atoms with Crippen LogP contribution in [0.25, 0.3) is 0 Å². The van der Waals surface area contributed by atoms with Gasteiger partial charge in [0.1, 0.15) is 0 Å². The quantitative estimate of drug-likeness (QED) is 0.429. The fourth-order valence-electron chi connectivity index (χ4n) is 2.07. The van der Waals surface area contributed by atoms with E-state index in [1.807, 2.05) is 25.2 Å². The summed E-state index contributed by atoms with van der Waals surface area (Å²) in [5, 5.41) is 0. The molecule has 4 nitrogen and oxygen atoms in total. The highest BCUT2D eigenvalue weighted by Gasteiger charge is 2.50. The third-order valence-electron chi connectivity index (χ3n) is 2.93. The smallest absolute Gasteiger partial charge is 0.324 e. The molecule has 0 saturated heterocycles. The Morgan fingerprint density at radius 1 is 1.28 bits per heavy atom. The van der Waals surface area contributed by atoms with Gasteiger partial charge in [0.25, 0.3) is 0 Å². The van der Waals surface area contributed by atoms with E-state index in [1.54, 1.807) is 13.8 Å². The SMILES string of the molecule is C/C=[13CH]\C1=CCC(C(=O)OCC)(C(=O)OCC)C1. The summed E-state index contributed by atoms with van der Waals surface area (Å²) in [6.07, 6.45) is 6.39. The van der Waals surface area contributed by atoms with E-state index in [2.05, 4.69) is 0 Å². The van der Waals surface area contributed by atoms with E-state index in [-0.39, 0.29) is 13.2 Å². The predicted molar refractivity (Wildman–Crippen MR) is 67.8 cm³/mol. The Bertz CT molecular complexity index is 361. The minimum absolute atomic E-state index is 0.263. The average molecular weight is 253 g/mol. The van der Waals surface area contributed by atoms with Crippen LogP contribution in [0.2, 0.25) is 0 Å². The number of esters is 2. The molecular weight excluding hydrogens is 233 g/mol. The van der Waals surface area contributed by atoms with Gasteiger partial charge in [-0.15, -0.1) is 0 Å². The Morgan fingerprint density at radius 2 is 1.83 bits per heavy atom. The molecule has 18 heavy (non-hydrogen) atoms. The Balaban J connectivity index is 2.92. The predicted octanol–water partition coefficient (Wildman–Crippen LogP) is 2.40. The van der Waals surface area contributed by atoms with Crippen molar-refractivity contribution in [3.05, 3.63) is 23.8 Å². The van der Waals surface area contributed by atoms with Crippen molar-refractivity contribution < 1.29 is 19.1 Å². The van der Waals surface area contributed by atoms with E-state index < -0.39 is 17.4 Å². The minimum atomic E-state index is -1.18. The number of hydrogen-bond donors (Lipinski definition) is 0. The van der Waals surface area contributed by atoms with Crippen molar-refractivity contribution in [2.45, 2.75) is 33.6 Å². The first kappa shape index (κ1) is 14.5. The molecule has 1 aliphatic carbocycles. The average Bonchev–Trinajstić information content (AvgIpc) is 2.76. The number of hydrogen-bond acceptors (Lipinski definition) is 4. The summed E-state index contributed by atoms with van der Waals surface area (Å²) in [6.45, 7) is 5.88. The molecule has 0 aliphatic heterocycles. The van der Waals surface area contributed by atoms with Crippen LogP contribution in [0.4, 0.5) is 0 Å². The highest BCUT2D eigenvalue weighted by Crippen LogP contribution is 2.40. The van der Waals surface area contributed by atoms with Gasteiger partial charge >= 0.3 is 11.9 Å². The van der Waals surface area contributed by atoms with Crippen molar-refractivity contribution in [1.29, 1.82) is 0 Å². The normalized spacial score (nSPS) is 17.6. The maximum absolute atomic E-state index is 12.1. The van der Waals surface area contributed by atoms with Gasteiger partial charge in [-0.05, 0) is 33.6 Å². The maximum atomic E-state index is 12.1. The molecule has 4 heteroatoms. The zero-order chi connectivity index (χ0) is 13.6. The lowest BCUT2D eigenvalue weighted by molar-refractivity contribution is -0.171. The second kappa shape index (κ2) is 6.38. The highest BCUT2D eigenvalue weighted by atomic mass is 16.6. The van der Waals surface area contributed by atoms with Crippen LogP contribution in [-0.2, 0) is 19.1 Å². The van der Waals surface area contributed by atoms with Gasteiger partial charge in [0.2, 0.25) is 0 Å². The van der Waals surface area contributed by atoms with Crippen LogP contribution >= 0.6 is 0 Å². The molecule has 0 aromatic rings. The first-order valence-corrected chi connectivity index (χ1v) is 6.27. The van der Waals surface area contributed by atoms with E-state index >= 15 is 0 Å². The second-order valence-electron chi connectivity index (χ2n) is 4.18. The molecule has 0 fully saturated rings. The van der Waals surface area contributed by atoms with Gasteiger partial charge in [0.15, 0.2) is 5.41 Å². The second-order valence-corrected chi connectivity index (χ2v) is 4.18. The zero-order valence-electron chi connectivity index (χ0n) is 11.2. The summed E-state index contributed by atoms with van der Waals surface area (Å²) in [5.74, 6) is -0.974. The number of carbonyl (C=O) groups excluding carboxylic acids is 2. The van der Waals surface area contributed by atoms with Crippen molar-refractivity contribution >= 4 is 11.9 Å². The van der Waals surface area contributed by atoms with Gasteiger partial charge in [-0.25, -0.2) is 0 Å². The van der Waals surface area contributed by atoms with Gasteiger partial charge in [-0.1, -0.05) is 23.8 Å². The number of ether oxygens (including phenoxy) is 2. The molecule has 0 bridgehead atoms. The van der Waals surface area contributed by atoms with Gasteiger partial charge in [0, 0.05) is 0 Å².